The van der Waals surface area contributed by atoms with Crippen LogP contribution in [0, 0.1) is 0 Å². The minimum absolute atomic E-state index is 0.195. The Morgan fingerprint density at radius 3 is 2.46 bits per heavy atom. The van der Waals surface area contributed by atoms with E-state index in [9.17, 15) is 4.79 Å². The Balaban J connectivity index is 1.66. The van der Waals surface area contributed by atoms with Crippen molar-refractivity contribution in [1.29, 1.82) is 0 Å². The van der Waals surface area contributed by atoms with Crippen LogP contribution in [0.3, 0.4) is 0 Å². The van der Waals surface area contributed by atoms with E-state index >= 15 is 0 Å². The number of esters is 1. The van der Waals surface area contributed by atoms with Crippen LogP contribution in [0.5, 0.6) is 0 Å². The van der Waals surface area contributed by atoms with Gasteiger partial charge < -0.3 is 4.74 Å². The van der Waals surface area contributed by atoms with Crippen molar-refractivity contribution in [3.8, 4) is 0 Å². The second-order valence-corrected chi connectivity index (χ2v) is 5.95. The molecule has 1 unspecified atom stereocenters. The molecule has 0 fully saturated rings. The van der Waals surface area contributed by atoms with Gasteiger partial charge in [0, 0.05) is 0 Å². The lowest BCUT2D eigenvalue weighted by molar-refractivity contribution is -0.144. The summed E-state index contributed by atoms with van der Waals surface area (Å²) in [7, 11) is 0. The zero-order valence-electron chi connectivity index (χ0n) is 13.9. The van der Waals surface area contributed by atoms with E-state index in [0.29, 0.717) is 5.57 Å². The Morgan fingerprint density at radius 1 is 1.04 bits per heavy atom. The molecule has 0 aliphatic heterocycles. The van der Waals surface area contributed by atoms with Gasteiger partial charge in [0.25, 0.3) is 0 Å². The number of ether oxygens (including phenoxy) is 1. The molecule has 2 aliphatic carbocycles. The Kier molecular flexibility index (Phi) is 5.27. The highest BCUT2D eigenvalue weighted by Gasteiger charge is 2.18. The lowest BCUT2D eigenvalue weighted by atomic mass is 9.94. The summed E-state index contributed by atoms with van der Waals surface area (Å²) in [4.78, 5) is 12.4. The van der Waals surface area contributed by atoms with Gasteiger partial charge in [-0.1, -0.05) is 73.7 Å². The van der Waals surface area contributed by atoms with E-state index < -0.39 is 0 Å². The molecule has 0 N–H and O–H groups in total. The minimum Gasteiger partial charge on any atom is -0.454 e. The van der Waals surface area contributed by atoms with Gasteiger partial charge >= 0.3 is 5.97 Å². The van der Waals surface area contributed by atoms with E-state index in [1.165, 1.54) is 11.1 Å². The molecule has 1 aromatic rings. The van der Waals surface area contributed by atoms with Crippen molar-refractivity contribution >= 4 is 5.97 Å². The summed E-state index contributed by atoms with van der Waals surface area (Å²) < 4.78 is 5.71. The SMILES string of the molecule is CCC(OC(=O)C1=CCC(=C2C=CC=CC2)C=C1)c1ccccc1. The molecule has 0 saturated heterocycles. The molecular formula is C22H22O2. The molecule has 24 heavy (non-hydrogen) atoms. The van der Waals surface area contributed by atoms with Crippen LogP contribution in [0.1, 0.15) is 37.9 Å². The highest BCUT2D eigenvalue weighted by atomic mass is 16.5. The molecular weight excluding hydrogens is 296 g/mol. The molecule has 0 radical (unpaired) electrons. The molecule has 3 rings (SSSR count). The van der Waals surface area contributed by atoms with E-state index in [2.05, 4.69) is 24.3 Å². The molecule has 2 heteroatoms. The third kappa shape index (κ3) is 3.83. The first-order valence-electron chi connectivity index (χ1n) is 8.47. The highest BCUT2D eigenvalue weighted by molar-refractivity contribution is 5.92. The fourth-order valence-corrected chi connectivity index (χ4v) is 2.94. The first-order valence-corrected chi connectivity index (χ1v) is 8.47. The molecule has 0 spiro atoms. The number of hydrogen-bond acceptors (Lipinski definition) is 2. The Bertz CT molecular complexity index is 745. The van der Waals surface area contributed by atoms with Crippen LogP contribution in [-0.2, 0) is 9.53 Å². The van der Waals surface area contributed by atoms with Crippen molar-refractivity contribution in [3.63, 3.8) is 0 Å². The molecule has 0 bridgehead atoms. The third-order valence-corrected chi connectivity index (χ3v) is 4.33. The summed E-state index contributed by atoms with van der Waals surface area (Å²) in [6.45, 7) is 2.03. The van der Waals surface area contributed by atoms with Gasteiger partial charge in [-0.2, -0.15) is 0 Å². The fraction of sp³-hybridized carbons (Fsp3) is 0.227. The largest absolute Gasteiger partial charge is 0.454 e. The number of allylic oxidation sites excluding steroid dienone is 8. The zero-order chi connectivity index (χ0) is 16.8. The summed E-state index contributed by atoms with van der Waals surface area (Å²) in [6, 6.07) is 9.90. The lowest BCUT2D eigenvalue weighted by Gasteiger charge is -2.18. The summed E-state index contributed by atoms with van der Waals surface area (Å²) in [6.07, 6.45) is 16.6. The van der Waals surface area contributed by atoms with Gasteiger partial charge in [-0.15, -0.1) is 0 Å². The first-order chi connectivity index (χ1) is 11.8. The van der Waals surface area contributed by atoms with Gasteiger partial charge in [-0.25, -0.2) is 4.79 Å². The maximum absolute atomic E-state index is 12.4. The summed E-state index contributed by atoms with van der Waals surface area (Å²) >= 11 is 0. The number of benzene rings is 1. The number of rotatable bonds is 4. The van der Waals surface area contributed by atoms with Crippen LogP contribution in [0.25, 0.3) is 0 Å². The molecule has 1 aromatic carbocycles. The van der Waals surface area contributed by atoms with Gasteiger partial charge in [0.1, 0.15) is 6.10 Å². The van der Waals surface area contributed by atoms with E-state index in [4.69, 9.17) is 4.74 Å². The predicted octanol–water partition coefficient (Wildman–Crippen LogP) is 5.38. The second kappa shape index (κ2) is 7.78. The van der Waals surface area contributed by atoms with Crippen LogP contribution < -0.4 is 0 Å². The van der Waals surface area contributed by atoms with E-state index in [1.807, 2.05) is 55.5 Å². The van der Waals surface area contributed by atoms with Gasteiger partial charge in [0.05, 0.1) is 5.57 Å². The monoisotopic (exact) mass is 318 g/mol. The van der Waals surface area contributed by atoms with Crippen LogP contribution >= 0.6 is 0 Å². The van der Waals surface area contributed by atoms with Crippen molar-refractivity contribution in [2.24, 2.45) is 0 Å². The predicted molar refractivity (Wildman–Crippen MR) is 97.3 cm³/mol. The molecule has 2 aliphatic rings. The number of carbonyl (C=O) groups excluding carboxylic acids is 1. The third-order valence-electron chi connectivity index (χ3n) is 4.33. The maximum Gasteiger partial charge on any atom is 0.338 e. The molecule has 0 heterocycles. The summed E-state index contributed by atoms with van der Waals surface area (Å²) in [5, 5.41) is 0. The summed E-state index contributed by atoms with van der Waals surface area (Å²) in [5.41, 5.74) is 4.26. The number of hydrogen-bond donors (Lipinski definition) is 0. The minimum atomic E-state index is -0.245. The van der Waals surface area contributed by atoms with Crippen LogP contribution in [-0.4, -0.2) is 5.97 Å². The Labute approximate surface area is 143 Å². The van der Waals surface area contributed by atoms with Crippen molar-refractivity contribution in [3.05, 3.63) is 95.1 Å². The standard InChI is InChI=1S/C22H22O2/c1-2-21(19-11-7-4-8-12-19)24-22(23)20-15-13-18(14-16-20)17-9-5-3-6-10-17/h3-9,11-13,15-16,21H,2,10,14H2,1H3. The van der Waals surface area contributed by atoms with Gasteiger partial charge in [-0.3, -0.25) is 0 Å². The topological polar surface area (TPSA) is 26.3 Å². The van der Waals surface area contributed by atoms with Crippen molar-refractivity contribution in [1.82, 2.24) is 0 Å². The number of carbonyl (C=O) groups is 1. The highest BCUT2D eigenvalue weighted by Crippen LogP contribution is 2.26. The average molecular weight is 318 g/mol. The van der Waals surface area contributed by atoms with Crippen molar-refractivity contribution < 1.29 is 9.53 Å². The maximum atomic E-state index is 12.4. The second-order valence-electron chi connectivity index (χ2n) is 5.95. The van der Waals surface area contributed by atoms with Gasteiger partial charge in [0.15, 0.2) is 0 Å². The fourth-order valence-electron chi connectivity index (χ4n) is 2.94. The Hall–Kier alpha value is -2.61. The molecule has 1 atom stereocenters. The first kappa shape index (κ1) is 16.3. The Morgan fingerprint density at radius 2 is 1.83 bits per heavy atom. The van der Waals surface area contributed by atoms with E-state index in [-0.39, 0.29) is 12.1 Å². The van der Waals surface area contributed by atoms with Gasteiger partial charge in [0.2, 0.25) is 0 Å². The normalized spacial score (nSPS) is 20.6. The summed E-state index contributed by atoms with van der Waals surface area (Å²) in [5.74, 6) is -0.245. The molecule has 0 aromatic heterocycles. The van der Waals surface area contributed by atoms with Gasteiger partial charge in [-0.05, 0) is 42.0 Å². The zero-order valence-corrected chi connectivity index (χ0v) is 13.9. The lowest BCUT2D eigenvalue weighted by Crippen LogP contribution is -2.13. The molecule has 0 saturated carbocycles. The van der Waals surface area contributed by atoms with Crippen LogP contribution in [0.4, 0.5) is 0 Å². The van der Waals surface area contributed by atoms with Crippen molar-refractivity contribution in [2.45, 2.75) is 32.3 Å². The molecule has 122 valence electrons. The quantitative estimate of drug-likeness (QED) is 0.697. The van der Waals surface area contributed by atoms with Crippen LogP contribution in [0.15, 0.2) is 89.6 Å². The molecule has 2 nitrogen and oxygen atoms in total. The molecule has 0 amide bonds. The smallest absolute Gasteiger partial charge is 0.338 e. The van der Waals surface area contributed by atoms with Crippen molar-refractivity contribution in [2.75, 3.05) is 0 Å². The van der Waals surface area contributed by atoms with E-state index in [1.54, 1.807) is 0 Å². The average Bonchev–Trinajstić information content (AvgIpc) is 2.67. The van der Waals surface area contributed by atoms with Crippen LogP contribution in [0.2, 0.25) is 0 Å². The van der Waals surface area contributed by atoms with E-state index in [0.717, 1.165) is 24.8 Å².